The van der Waals surface area contributed by atoms with Crippen molar-refractivity contribution in [3.63, 3.8) is 0 Å². The molecule has 1 aromatic rings. The van der Waals surface area contributed by atoms with Crippen molar-refractivity contribution in [2.24, 2.45) is 0 Å². The van der Waals surface area contributed by atoms with Crippen LogP contribution in [-0.2, 0) is 23.0 Å². The van der Waals surface area contributed by atoms with Crippen LogP contribution in [0.2, 0.25) is 0 Å². The zero-order valence-electron chi connectivity index (χ0n) is 9.69. The molecule has 0 fully saturated rings. The van der Waals surface area contributed by atoms with Crippen LogP contribution in [0.1, 0.15) is 0 Å². The summed E-state index contributed by atoms with van der Waals surface area (Å²) in [6.45, 7) is 0. The standard InChI is InChI=1S/C10H12O6S2/c1-17(2,10-5-3-9(12)4-6-10)16-18(13,14)15-8-7-11/h3-6,8,12H,1-2H3. The first-order valence-electron chi connectivity index (χ1n) is 4.63. The molecule has 0 bridgehead atoms. The van der Waals surface area contributed by atoms with Crippen LogP contribution in [-0.4, -0.2) is 32.0 Å². The summed E-state index contributed by atoms with van der Waals surface area (Å²) in [5.74, 6) is 1.24. The first-order valence-corrected chi connectivity index (χ1v) is 8.34. The molecule has 0 saturated heterocycles. The fourth-order valence-corrected chi connectivity index (χ4v) is 4.17. The largest absolute Gasteiger partial charge is 0.508 e. The number of rotatable bonds is 5. The number of benzene rings is 1. The van der Waals surface area contributed by atoms with Crippen molar-refractivity contribution in [2.75, 3.05) is 12.5 Å². The first kappa shape index (κ1) is 14.6. The van der Waals surface area contributed by atoms with Crippen molar-refractivity contribution >= 4 is 26.6 Å². The van der Waals surface area contributed by atoms with Crippen LogP contribution < -0.4 is 0 Å². The lowest BCUT2D eigenvalue weighted by Gasteiger charge is -2.28. The molecule has 6 nitrogen and oxygen atoms in total. The maximum atomic E-state index is 11.4. The average Bonchev–Trinajstić information content (AvgIpc) is 2.25. The molecule has 0 spiro atoms. The van der Waals surface area contributed by atoms with Gasteiger partial charge in [0.1, 0.15) is 5.75 Å². The van der Waals surface area contributed by atoms with Crippen LogP contribution in [0.15, 0.2) is 35.4 Å². The van der Waals surface area contributed by atoms with Crippen LogP contribution in [0.25, 0.3) is 0 Å². The van der Waals surface area contributed by atoms with Gasteiger partial charge in [-0.3, -0.25) is 0 Å². The predicted octanol–water partition coefficient (Wildman–Crippen LogP) is 1.35. The van der Waals surface area contributed by atoms with Gasteiger partial charge in [0.25, 0.3) is 0 Å². The van der Waals surface area contributed by atoms with Gasteiger partial charge in [0.05, 0.1) is 0 Å². The second kappa shape index (κ2) is 5.45. The normalized spacial score (nSPS) is 12.6. The van der Waals surface area contributed by atoms with Gasteiger partial charge in [-0.05, 0) is 36.8 Å². The average molecular weight is 292 g/mol. The Labute approximate surface area is 107 Å². The van der Waals surface area contributed by atoms with Crippen LogP contribution in [0, 0.1) is 0 Å². The molecule has 0 amide bonds. The SMILES string of the molecule is CS(C)(OS(=O)(=O)OC=C=O)c1ccc(O)cc1. The van der Waals surface area contributed by atoms with Gasteiger partial charge in [-0.15, -0.1) is 0 Å². The van der Waals surface area contributed by atoms with Gasteiger partial charge in [0, 0.05) is 4.90 Å². The Balaban J connectivity index is 2.94. The van der Waals surface area contributed by atoms with E-state index in [4.69, 9.17) is 8.74 Å². The number of hydrogen-bond donors (Lipinski definition) is 1. The summed E-state index contributed by atoms with van der Waals surface area (Å²) in [6, 6.07) is 5.95. The van der Waals surface area contributed by atoms with Crippen molar-refractivity contribution < 1.29 is 26.1 Å². The van der Waals surface area contributed by atoms with E-state index in [0.29, 0.717) is 11.2 Å². The van der Waals surface area contributed by atoms with Crippen molar-refractivity contribution in [3.05, 3.63) is 30.5 Å². The highest BCUT2D eigenvalue weighted by Crippen LogP contribution is 2.51. The maximum absolute atomic E-state index is 11.4. The number of phenols is 1. The Morgan fingerprint density at radius 2 is 1.78 bits per heavy atom. The zero-order chi connectivity index (χ0) is 13.8. The van der Waals surface area contributed by atoms with Gasteiger partial charge < -0.3 is 9.29 Å². The number of phenolic OH excluding ortho intramolecular Hbond substituents is 1. The van der Waals surface area contributed by atoms with E-state index in [9.17, 15) is 13.2 Å². The van der Waals surface area contributed by atoms with Crippen molar-refractivity contribution in [1.82, 2.24) is 0 Å². The minimum atomic E-state index is -4.30. The molecule has 0 unspecified atom stereocenters. The highest BCUT2D eigenvalue weighted by Gasteiger charge is 2.25. The Morgan fingerprint density at radius 1 is 1.22 bits per heavy atom. The summed E-state index contributed by atoms with van der Waals surface area (Å²) < 4.78 is 31.8. The molecule has 0 saturated carbocycles. The Kier molecular flexibility index (Phi) is 4.42. The van der Waals surface area contributed by atoms with Gasteiger partial charge in [0.2, 0.25) is 0 Å². The van der Waals surface area contributed by atoms with Crippen LogP contribution in [0.3, 0.4) is 0 Å². The fraction of sp³-hybridized carbons (Fsp3) is 0.200. The molecule has 0 atom stereocenters. The summed E-state index contributed by atoms with van der Waals surface area (Å²) in [5, 5.41) is 9.15. The van der Waals surface area contributed by atoms with Crippen molar-refractivity contribution in [1.29, 1.82) is 0 Å². The van der Waals surface area contributed by atoms with E-state index in [2.05, 4.69) is 4.18 Å². The topological polar surface area (TPSA) is 89.9 Å². The number of carbonyl (C=O) groups excluding carboxylic acids is 1. The fourth-order valence-electron chi connectivity index (χ4n) is 1.12. The molecular formula is C10H12O6S2. The Bertz CT molecular complexity index is 555. The monoisotopic (exact) mass is 292 g/mol. The Morgan fingerprint density at radius 3 is 2.28 bits per heavy atom. The third kappa shape index (κ3) is 4.08. The molecule has 1 N–H and O–H groups in total. The molecule has 0 aliphatic carbocycles. The zero-order valence-corrected chi connectivity index (χ0v) is 11.3. The van der Waals surface area contributed by atoms with Gasteiger partial charge in [-0.25, -0.2) is 4.79 Å². The van der Waals surface area contributed by atoms with Crippen molar-refractivity contribution in [3.8, 4) is 5.75 Å². The lowest BCUT2D eigenvalue weighted by molar-refractivity contribution is 0.375. The summed E-state index contributed by atoms with van der Waals surface area (Å²) in [5.41, 5.74) is 0. The maximum Gasteiger partial charge on any atom is 0.459 e. The molecule has 0 aliphatic heterocycles. The summed E-state index contributed by atoms with van der Waals surface area (Å²) in [7, 11) is -6.44. The molecule has 0 heterocycles. The molecule has 8 heteroatoms. The summed E-state index contributed by atoms with van der Waals surface area (Å²) >= 11 is 0. The molecule has 1 rings (SSSR count). The highest BCUT2D eigenvalue weighted by atomic mass is 32.3. The van der Waals surface area contributed by atoms with E-state index in [1.807, 2.05) is 0 Å². The molecule has 1 aromatic carbocycles. The second-order valence-corrected chi connectivity index (χ2v) is 8.03. The third-order valence-electron chi connectivity index (χ3n) is 1.87. The molecular weight excluding hydrogens is 280 g/mol. The number of hydrogen-bond acceptors (Lipinski definition) is 6. The van der Waals surface area contributed by atoms with Crippen LogP contribution >= 0.6 is 10.3 Å². The van der Waals surface area contributed by atoms with E-state index in [1.54, 1.807) is 24.6 Å². The molecule has 0 aromatic heterocycles. The van der Waals surface area contributed by atoms with Gasteiger partial charge in [-0.2, -0.15) is 12.0 Å². The molecule has 18 heavy (non-hydrogen) atoms. The van der Waals surface area contributed by atoms with E-state index in [0.717, 1.165) is 0 Å². The van der Waals surface area contributed by atoms with E-state index in [-0.39, 0.29) is 5.75 Å². The van der Waals surface area contributed by atoms with E-state index < -0.39 is 20.7 Å². The lowest BCUT2D eigenvalue weighted by atomic mass is 10.3. The third-order valence-corrected chi connectivity index (χ3v) is 5.64. The van der Waals surface area contributed by atoms with E-state index >= 15 is 0 Å². The quantitative estimate of drug-likeness (QED) is 0.651. The molecule has 0 aliphatic rings. The second-order valence-electron chi connectivity index (χ2n) is 3.54. The van der Waals surface area contributed by atoms with Gasteiger partial charge in [0.15, 0.2) is 12.2 Å². The van der Waals surface area contributed by atoms with Crippen LogP contribution in [0.4, 0.5) is 0 Å². The molecule has 0 radical (unpaired) electrons. The Hall–Kier alpha value is -1.47. The van der Waals surface area contributed by atoms with Gasteiger partial charge >= 0.3 is 10.4 Å². The minimum Gasteiger partial charge on any atom is -0.508 e. The smallest absolute Gasteiger partial charge is 0.459 e. The van der Waals surface area contributed by atoms with Gasteiger partial charge in [-0.1, -0.05) is 10.3 Å². The van der Waals surface area contributed by atoms with Crippen molar-refractivity contribution in [2.45, 2.75) is 4.90 Å². The number of aromatic hydroxyl groups is 1. The molecule has 100 valence electrons. The predicted molar refractivity (Wildman–Crippen MR) is 67.2 cm³/mol. The minimum absolute atomic E-state index is 0.0666. The summed E-state index contributed by atoms with van der Waals surface area (Å²) in [6.07, 6.45) is 3.54. The van der Waals surface area contributed by atoms with E-state index in [1.165, 1.54) is 18.1 Å². The summed E-state index contributed by atoms with van der Waals surface area (Å²) in [4.78, 5) is 10.5. The van der Waals surface area contributed by atoms with Crippen LogP contribution in [0.5, 0.6) is 5.75 Å². The lowest BCUT2D eigenvalue weighted by Crippen LogP contribution is -2.11. The highest BCUT2D eigenvalue weighted by molar-refractivity contribution is 8.31. The first-order chi connectivity index (χ1) is 8.27.